The molecule has 4 rings (SSSR count). The first-order chi connectivity index (χ1) is 16.6. The molecule has 34 heavy (non-hydrogen) atoms. The Bertz CT molecular complexity index is 1070. The highest BCUT2D eigenvalue weighted by Gasteiger charge is 2.38. The van der Waals surface area contributed by atoms with E-state index in [1.54, 1.807) is 0 Å². The zero-order valence-corrected chi connectivity index (χ0v) is 18.4. The molecule has 3 aromatic rings. The molecule has 176 valence electrons. The van der Waals surface area contributed by atoms with Gasteiger partial charge in [-0.25, -0.2) is 4.79 Å². The van der Waals surface area contributed by atoms with Crippen LogP contribution >= 0.6 is 0 Å². The van der Waals surface area contributed by atoms with Crippen molar-refractivity contribution in [2.75, 3.05) is 6.61 Å². The number of carbonyl (C=O) groups excluding carboxylic acids is 1. The fourth-order valence-corrected chi connectivity index (χ4v) is 3.63. The topological polar surface area (TPSA) is 97.1 Å². The minimum Gasteiger partial charge on any atom is -0.432 e. The third-order valence-electron chi connectivity index (χ3n) is 5.42. The van der Waals surface area contributed by atoms with Gasteiger partial charge in [-0.2, -0.15) is 0 Å². The number of nitrogens with zero attached hydrogens (tertiary/aromatic N) is 1. The second kappa shape index (κ2) is 11.5. The Morgan fingerprint density at radius 3 is 2.15 bits per heavy atom. The summed E-state index contributed by atoms with van der Waals surface area (Å²) in [6.07, 6.45) is -1.20. The average Bonchev–Trinajstić information content (AvgIpc) is 3.25. The smallest absolute Gasteiger partial charge is 0.340 e. The number of hydrogen-bond donors (Lipinski definition) is 0. The Morgan fingerprint density at radius 1 is 0.912 bits per heavy atom. The molecular weight excluding hydrogens is 438 g/mol. The lowest BCUT2D eigenvalue weighted by molar-refractivity contribution is -0.384. The van der Waals surface area contributed by atoms with Crippen LogP contribution in [0.5, 0.6) is 0 Å². The molecule has 0 bridgehead atoms. The maximum atomic E-state index is 12.5. The van der Waals surface area contributed by atoms with E-state index in [4.69, 9.17) is 18.9 Å². The van der Waals surface area contributed by atoms with Crippen LogP contribution < -0.4 is 0 Å². The lowest BCUT2D eigenvalue weighted by Crippen LogP contribution is -2.29. The average molecular weight is 463 g/mol. The summed E-state index contributed by atoms with van der Waals surface area (Å²) in [4.78, 5) is 22.8. The van der Waals surface area contributed by atoms with E-state index in [0.717, 1.165) is 11.1 Å². The van der Waals surface area contributed by atoms with Gasteiger partial charge >= 0.3 is 5.97 Å². The van der Waals surface area contributed by atoms with Crippen molar-refractivity contribution in [1.82, 2.24) is 0 Å². The molecule has 3 atom stereocenters. The normalized spacial score (nSPS) is 19.6. The molecule has 0 saturated carbocycles. The van der Waals surface area contributed by atoms with Gasteiger partial charge in [-0.1, -0.05) is 60.7 Å². The molecule has 1 aliphatic rings. The molecule has 8 nitrogen and oxygen atoms in total. The predicted molar refractivity (Wildman–Crippen MR) is 123 cm³/mol. The fraction of sp³-hybridized carbons (Fsp3) is 0.269. The lowest BCUT2D eigenvalue weighted by Gasteiger charge is -2.19. The van der Waals surface area contributed by atoms with Gasteiger partial charge in [-0.3, -0.25) is 10.1 Å². The van der Waals surface area contributed by atoms with E-state index >= 15 is 0 Å². The third kappa shape index (κ3) is 6.48. The van der Waals surface area contributed by atoms with Crippen LogP contribution in [0.1, 0.15) is 27.9 Å². The van der Waals surface area contributed by atoms with Gasteiger partial charge in [0.25, 0.3) is 5.69 Å². The van der Waals surface area contributed by atoms with Crippen LogP contribution in [0.3, 0.4) is 0 Å². The molecule has 1 heterocycles. The molecule has 0 aromatic heterocycles. The Kier molecular flexibility index (Phi) is 7.98. The molecule has 3 aromatic carbocycles. The number of ether oxygens (including phenoxy) is 4. The van der Waals surface area contributed by atoms with Crippen LogP contribution in [0.15, 0.2) is 84.9 Å². The van der Waals surface area contributed by atoms with Gasteiger partial charge in [0.05, 0.1) is 36.4 Å². The van der Waals surface area contributed by atoms with E-state index < -0.39 is 23.3 Å². The van der Waals surface area contributed by atoms with Crippen molar-refractivity contribution in [2.45, 2.75) is 38.1 Å². The molecular formula is C26H25NO7. The summed E-state index contributed by atoms with van der Waals surface area (Å²) in [5.41, 5.74) is 2.18. The monoisotopic (exact) mass is 463 g/mol. The van der Waals surface area contributed by atoms with Crippen molar-refractivity contribution < 1.29 is 28.7 Å². The summed E-state index contributed by atoms with van der Waals surface area (Å²) in [6.45, 7) is 1.10. The van der Waals surface area contributed by atoms with Crippen molar-refractivity contribution >= 4 is 11.7 Å². The molecule has 0 spiro atoms. The van der Waals surface area contributed by atoms with Crippen molar-refractivity contribution in [3.05, 3.63) is 112 Å². The number of benzene rings is 3. The molecule has 1 aliphatic heterocycles. The second-order valence-electron chi connectivity index (χ2n) is 7.88. The highest BCUT2D eigenvalue weighted by molar-refractivity contribution is 5.89. The molecule has 1 fully saturated rings. The number of carbonyl (C=O) groups is 1. The van der Waals surface area contributed by atoms with E-state index in [9.17, 15) is 14.9 Å². The van der Waals surface area contributed by atoms with E-state index in [0.29, 0.717) is 19.6 Å². The summed E-state index contributed by atoms with van der Waals surface area (Å²) >= 11 is 0. The van der Waals surface area contributed by atoms with Crippen LogP contribution in [0, 0.1) is 10.1 Å². The van der Waals surface area contributed by atoms with Gasteiger partial charge in [0, 0.05) is 18.6 Å². The Morgan fingerprint density at radius 2 is 1.53 bits per heavy atom. The summed E-state index contributed by atoms with van der Waals surface area (Å²) < 4.78 is 23.4. The highest BCUT2D eigenvalue weighted by atomic mass is 16.7. The van der Waals surface area contributed by atoms with Crippen LogP contribution in [0.2, 0.25) is 0 Å². The van der Waals surface area contributed by atoms with Gasteiger partial charge in [0.15, 0.2) is 0 Å². The number of non-ortho nitro benzene ring substituents is 1. The maximum absolute atomic E-state index is 12.5. The quantitative estimate of drug-likeness (QED) is 0.245. The van der Waals surface area contributed by atoms with Gasteiger partial charge in [0.1, 0.15) is 6.10 Å². The molecule has 8 heteroatoms. The summed E-state index contributed by atoms with van der Waals surface area (Å²) in [5.74, 6) is -0.618. The van der Waals surface area contributed by atoms with E-state index in [1.165, 1.54) is 24.3 Å². The van der Waals surface area contributed by atoms with E-state index in [1.807, 2.05) is 60.7 Å². The van der Waals surface area contributed by atoms with Crippen LogP contribution in [0.25, 0.3) is 0 Å². The Hall–Kier alpha value is -3.59. The fourth-order valence-electron chi connectivity index (χ4n) is 3.63. The largest absolute Gasteiger partial charge is 0.432 e. The van der Waals surface area contributed by atoms with Crippen molar-refractivity contribution in [3.8, 4) is 0 Å². The van der Waals surface area contributed by atoms with Gasteiger partial charge in [-0.05, 0) is 23.3 Å². The molecule has 0 aliphatic carbocycles. The zero-order chi connectivity index (χ0) is 23.8. The molecule has 0 N–H and O–H groups in total. The lowest BCUT2D eigenvalue weighted by atomic mass is 10.1. The first kappa shape index (κ1) is 23.6. The standard InChI is InChI=1S/C26H25NO7/c28-26(21-11-13-22(14-12-21)27(29)30)34-25-15-23(32-17-20-9-5-2-6-10-20)24(33-25)18-31-16-19-7-3-1-4-8-19/h1-14,23-25H,15-18H2/t23-,24+,25?/m0/s1. The molecule has 1 saturated heterocycles. The van der Waals surface area contributed by atoms with Gasteiger partial charge in [0.2, 0.25) is 6.29 Å². The minimum atomic E-state index is -0.811. The third-order valence-corrected chi connectivity index (χ3v) is 5.42. The summed E-state index contributed by atoms with van der Waals surface area (Å²) in [6, 6.07) is 24.8. The summed E-state index contributed by atoms with van der Waals surface area (Å²) in [7, 11) is 0. The number of nitro benzene ring substituents is 1. The molecule has 0 radical (unpaired) electrons. The van der Waals surface area contributed by atoms with Crippen LogP contribution in [-0.4, -0.2) is 36.0 Å². The first-order valence-electron chi connectivity index (χ1n) is 11.0. The van der Waals surface area contributed by atoms with Crippen LogP contribution in [-0.2, 0) is 32.2 Å². The predicted octanol–water partition coefficient (Wildman–Crippen LogP) is 4.67. The Balaban J connectivity index is 1.36. The number of nitro groups is 1. The maximum Gasteiger partial charge on any atom is 0.340 e. The Labute approximate surface area is 197 Å². The van der Waals surface area contributed by atoms with Crippen LogP contribution in [0.4, 0.5) is 5.69 Å². The SMILES string of the molecule is O=C(OC1C[C@H](OCc2ccccc2)[C@@H](COCc2ccccc2)O1)c1ccc([N+](=O)[O-])cc1. The molecule has 0 amide bonds. The number of rotatable bonds is 10. The highest BCUT2D eigenvalue weighted by Crippen LogP contribution is 2.27. The molecule has 1 unspecified atom stereocenters. The number of esters is 1. The number of hydrogen-bond acceptors (Lipinski definition) is 7. The first-order valence-corrected chi connectivity index (χ1v) is 11.0. The van der Waals surface area contributed by atoms with Gasteiger partial charge in [-0.15, -0.1) is 0 Å². The van der Waals surface area contributed by atoms with E-state index in [-0.39, 0.29) is 24.0 Å². The summed E-state index contributed by atoms with van der Waals surface area (Å²) in [5, 5.41) is 10.8. The van der Waals surface area contributed by atoms with Crippen molar-refractivity contribution in [3.63, 3.8) is 0 Å². The van der Waals surface area contributed by atoms with Gasteiger partial charge < -0.3 is 18.9 Å². The van der Waals surface area contributed by atoms with E-state index in [2.05, 4.69) is 0 Å². The minimum absolute atomic E-state index is 0.0985. The zero-order valence-electron chi connectivity index (χ0n) is 18.4. The second-order valence-corrected chi connectivity index (χ2v) is 7.88. The van der Waals surface area contributed by atoms with Crippen molar-refractivity contribution in [1.29, 1.82) is 0 Å². The van der Waals surface area contributed by atoms with Crippen molar-refractivity contribution in [2.24, 2.45) is 0 Å².